The molecule has 0 radical (unpaired) electrons. The van der Waals surface area contributed by atoms with E-state index in [1.165, 1.54) is 13.0 Å². The highest BCUT2D eigenvalue weighted by molar-refractivity contribution is 7.89. The Morgan fingerprint density at radius 2 is 1.90 bits per heavy atom. The Morgan fingerprint density at radius 3 is 2.50 bits per heavy atom. The molecule has 2 aliphatic heterocycles. The molecule has 0 amide bonds. The summed E-state index contributed by atoms with van der Waals surface area (Å²) in [6.45, 7) is 4.38. The largest absolute Gasteiger partial charge is 0.316 e. The van der Waals surface area contributed by atoms with Crippen LogP contribution in [-0.4, -0.2) is 44.7 Å². The number of sulfonamides is 1. The highest BCUT2D eigenvalue weighted by atomic mass is 32.2. The van der Waals surface area contributed by atoms with Crippen molar-refractivity contribution in [1.29, 1.82) is 0 Å². The second-order valence-electron chi connectivity index (χ2n) is 5.58. The Morgan fingerprint density at radius 1 is 1.25 bits per heavy atom. The fourth-order valence-electron chi connectivity index (χ4n) is 3.03. The maximum Gasteiger partial charge on any atom is 0.243 e. The van der Waals surface area contributed by atoms with E-state index < -0.39 is 10.0 Å². The Kier molecular flexibility index (Phi) is 3.40. The SMILES string of the molecule is CC(=O)c1cccc(S(=O)(=O)N2C[C@H]3CNC[C@H]3C2)c1. The topological polar surface area (TPSA) is 66.5 Å². The Labute approximate surface area is 119 Å². The number of hydrogen-bond acceptors (Lipinski definition) is 4. The van der Waals surface area contributed by atoms with E-state index in [1.807, 2.05) is 0 Å². The lowest BCUT2D eigenvalue weighted by atomic mass is 10.0. The monoisotopic (exact) mass is 294 g/mol. The molecule has 0 bridgehead atoms. The summed E-state index contributed by atoms with van der Waals surface area (Å²) < 4.78 is 26.8. The van der Waals surface area contributed by atoms with E-state index >= 15 is 0 Å². The van der Waals surface area contributed by atoms with Gasteiger partial charge < -0.3 is 5.32 Å². The van der Waals surface area contributed by atoms with E-state index in [9.17, 15) is 13.2 Å². The highest BCUT2D eigenvalue weighted by Gasteiger charge is 2.41. The van der Waals surface area contributed by atoms with Crippen molar-refractivity contribution >= 4 is 15.8 Å². The van der Waals surface area contributed by atoms with Crippen LogP contribution in [-0.2, 0) is 10.0 Å². The molecule has 5 nitrogen and oxygen atoms in total. The lowest BCUT2D eigenvalue weighted by Gasteiger charge is -2.17. The Hall–Kier alpha value is -1.24. The normalized spacial score (nSPS) is 26.6. The van der Waals surface area contributed by atoms with Gasteiger partial charge in [-0.15, -0.1) is 0 Å². The molecule has 2 aliphatic rings. The van der Waals surface area contributed by atoms with Gasteiger partial charge in [-0.3, -0.25) is 4.79 Å². The molecule has 2 fully saturated rings. The molecule has 0 aromatic heterocycles. The number of carbonyl (C=O) groups excluding carboxylic acids is 1. The van der Waals surface area contributed by atoms with Crippen molar-refractivity contribution in [3.05, 3.63) is 29.8 Å². The van der Waals surface area contributed by atoms with E-state index in [0.717, 1.165) is 13.1 Å². The summed E-state index contributed by atoms with van der Waals surface area (Å²) in [6, 6.07) is 6.31. The van der Waals surface area contributed by atoms with Crippen LogP contribution in [0.1, 0.15) is 17.3 Å². The fraction of sp³-hybridized carbons (Fsp3) is 0.500. The molecule has 1 aromatic rings. The zero-order valence-electron chi connectivity index (χ0n) is 11.4. The minimum Gasteiger partial charge on any atom is -0.316 e. The minimum atomic E-state index is -3.48. The number of Topliss-reactive ketones (excluding diaryl/α,β-unsaturated/α-hetero) is 1. The highest BCUT2D eigenvalue weighted by Crippen LogP contribution is 2.30. The van der Waals surface area contributed by atoms with Crippen LogP contribution in [0.2, 0.25) is 0 Å². The van der Waals surface area contributed by atoms with Gasteiger partial charge in [0.15, 0.2) is 5.78 Å². The van der Waals surface area contributed by atoms with Crippen LogP contribution in [0.4, 0.5) is 0 Å². The number of nitrogens with zero attached hydrogens (tertiary/aromatic N) is 1. The first-order valence-electron chi connectivity index (χ1n) is 6.80. The van der Waals surface area contributed by atoms with Crippen molar-refractivity contribution in [3.63, 3.8) is 0 Å². The molecule has 0 saturated carbocycles. The molecule has 20 heavy (non-hydrogen) atoms. The lowest BCUT2D eigenvalue weighted by Crippen LogP contribution is -2.32. The van der Waals surface area contributed by atoms with Crippen LogP contribution in [0.25, 0.3) is 0 Å². The van der Waals surface area contributed by atoms with Gasteiger partial charge in [-0.1, -0.05) is 12.1 Å². The third-order valence-electron chi connectivity index (χ3n) is 4.23. The first kappa shape index (κ1) is 13.7. The van der Waals surface area contributed by atoms with E-state index in [4.69, 9.17) is 0 Å². The number of nitrogens with one attached hydrogen (secondary N) is 1. The minimum absolute atomic E-state index is 0.121. The van der Waals surface area contributed by atoms with Crippen LogP contribution in [0, 0.1) is 11.8 Å². The molecular formula is C14H18N2O3S. The molecule has 0 aliphatic carbocycles. The maximum absolute atomic E-state index is 12.6. The van der Waals surface area contributed by atoms with E-state index in [-0.39, 0.29) is 10.7 Å². The van der Waals surface area contributed by atoms with E-state index in [0.29, 0.717) is 30.5 Å². The van der Waals surface area contributed by atoms with Gasteiger partial charge in [-0.05, 0) is 44.0 Å². The summed E-state index contributed by atoms with van der Waals surface area (Å²) in [7, 11) is -3.48. The van der Waals surface area contributed by atoms with Crippen molar-refractivity contribution < 1.29 is 13.2 Å². The molecule has 1 aromatic carbocycles. The van der Waals surface area contributed by atoms with E-state index in [2.05, 4.69) is 5.32 Å². The second-order valence-corrected chi connectivity index (χ2v) is 7.52. The third kappa shape index (κ3) is 2.28. The van der Waals surface area contributed by atoms with Crippen LogP contribution in [0.5, 0.6) is 0 Å². The van der Waals surface area contributed by atoms with Crippen LogP contribution in [0.15, 0.2) is 29.2 Å². The van der Waals surface area contributed by atoms with Crippen molar-refractivity contribution in [1.82, 2.24) is 9.62 Å². The number of rotatable bonds is 3. The standard InChI is InChI=1S/C14H18N2O3S/c1-10(17)11-3-2-4-14(5-11)20(18,19)16-8-12-6-15-7-13(12)9-16/h2-5,12-13,15H,6-9H2,1H3/t12-,13+. The first-order chi connectivity index (χ1) is 9.48. The van der Waals surface area contributed by atoms with Crippen molar-refractivity contribution in [2.75, 3.05) is 26.2 Å². The lowest BCUT2D eigenvalue weighted by molar-refractivity contribution is 0.101. The predicted molar refractivity (Wildman–Crippen MR) is 75.1 cm³/mol. The molecular weight excluding hydrogens is 276 g/mol. The fourth-order valence-corrected chi connectivity index (χ4v) is 4.63. The van der Waals surface area contributed by atoms with Gasteiger partial charge in [0.05, 0.1) is 4.90 Å². The molecule has 3 rings (SSSR count). The summed E-state index contributed by atoms with van der Waals surface area (Å²) in [6.07, 6.45) is 0. The number of fused-ring (bicyclic) bond motifs is 1. The molecule has 6 heteroatoms. The van der Waals surface area contributed by atoms with Crippen molar-refractivity contribution in [2.24, 2.45) is 11.8 Å². The van der Waals surface area contributed by atoms with E-state index in [1.54, 1.807) is 22.5 Å². The average Bonchev–Trinajstić information content (AvgIpc) is 2.99. The molecule has 2 heterocycles. The quantitative estimate of drug-likeness (QED) is 0.835. The zero-order valence-corrected chi connectivity index (χ0v) is 12.2. The van der Waals surface area contributed by atoms with Crippen LogP contribution < -0.4 is 5.32 Å². The predicted octanol–water partition coefficient (Wildman–Crippen LogP) is 0.729. The number of carbonyl (C=O) groups is 1. The Bertz CT molecular complexity index is 630. The Balaban J connectivity index is 1.89. The van der Waals surface area contributed by atoms with Crippen LogP contribution >= 0.6 is 0 Å². The number of benzene rings is 1. The first-order valence-corrected chi connectivity index (χ1v) is 8.24. The molecule has 0 spiro atoms. The molecule has 2 atom stereocenters. The molecule has 1 N–H and O–H groups in total. The average molecular weight is 294 g/mol. The maximum atomic E-state index is 12.6. The van der Waals surface area contributed by atoms with Gasteiger partial charge in [0, 0.05) is 18.7 Å². The van der Waals surface area contributed by atoms with Gasteiger partial charge in [0.1, 0.15) is 0 Å². The zero-order chi connectivity index (χ0) is 14.3. The second kappa shape index (κ2) is 4.95. The smallest absolute Gasteiger partial charge is 0.243 e. The van der Waals surface area contributed by atoms with Gasteiger partial charge in [0.2, 0.25) is 10.0 Å². The molecule has 108 valence electrons. The number of ketones is 1. The summed E-state index contributed by atoms with van der Waals surface area (Å²) in [4.78, 5) is 11.6. The molecule has 2 saturated heterocycles. The summed E-state index contributed by atoms with van der Waals surface area (Å²) in [5.74, 6) is 0.714. The van der Waals surface area contributed by atoms with Gasteiger partial charge in [-0.25, -0.2) is 8.42 Å². The summed E-state index contributed by atoms with van der Waals surface area (Å²) in [5, 5.41) is 3.29. The van der Waals surface area contributed by atoms with Crippen LogP contribution in [0.3, 0.4) is 0 Å². The molecule has 0 unspecified atom stereocenters. The number of hydrogen-bond donors (Lipinski definition) is 1. The summed E-state index contributed by atoms with van der Waals surface area (Å²) in [5.41, 5.74) is 0.437. The van der Waals surface area contributed by atoms with Crippen molar-refractivity contribution in [2.45, 2.75) is 11.8 Å². The third-order valence-corrected chi connectivity index (χ3v) is 6.06. The van der Waals surface area contributed by atoms with Gasteiger partial charge in [-0.2, -0.15) is 4.31 Å². The van der Waals surface area contributed by atoms with Crippen molar-refractivity contribution in [3.8, 4) is 0 Å². The summed E-state index contributed by atoms with van der Waals surface area (Å²) >= 11 is 0. The van der Waals surface area contributed by atoms with Gasteiger partial charge in [0.25, 0.3) is 0 Å². The van der Waals surface area contributed by atoms with Gasteiger partial charge >= 0.3 is 0 Å².